The molecule has 172 valence electrons. The van der Waals surface area contributed by atoms with Crippen molar-refractivity contribution >= 4 is 42.4 Å². The van der Waals surface area contributed by atoms with Crippen LogP contribution < -0.4 is 9.64 Å². The molecule has 10 heteroatoms. The summed E-state index contributed by atoms with van der Waals surface area (Å²) in [6.45, 7) is 1.01. The number of likely N-dealkylation sites (N-methyl/N-ethyl adjacent to an activating group) is 1. The predicted octanol–water partition coefficient (Wildman–Crippen LogP) is 3.59. The van der Waals surface area contributed by atoms with Crippen LogP contribution in [0.1, 0.15) is 12.8 Å². The molecular formula is C22H26FN3O4S2. The van der Waals surface area contributed by atoms with Gasteiger partial charge in [-0.05, 0) is 63.0 Å². The lowest BCUT2D eigenvalue weighted by Gasteiger charge is -2.22. The second kappa shape index (κ2) is 10.4. The smallest absolute Gasteiger partial charge is 0.228 e. The summed E-state index contributed by atoms with van der Waals surface area (Å²) in [6, 6.07) is 10.5. The molecular weight excluding hydrogens is 453 g/mol. The molecule has 0 unspecified atom stereocenters. The predicted molar refractivity (Wildman–Crippen MR) is 125 cm³/mol. The zero-order chi connectivity index (χ0) is 23.3. The first-order valence-corrected chi connectivity index (χ1v) is 12.5. The van der Waals surface area contributed by atoms with Crippen LogP contribution in [-0.4, -0.2) is 64.3 Å². The van der Waals surface area contributed by atoms with E-state index < -0.39 is 9.84 Å². The van der Waals surface area contributed by atoms with Crippen LogP contribution >= 0.6 is 11.3 Å². The third-order valence-electron chi connectivity index (χ3n) is 4.86. The van der Waals surface area contributed by atoms with Gasteiger partial charge >= 0.3 is 0 Å². The third kappa shape index (κ3) is 6.02. The molecule has 0 bridgehead atoms. The molecule has 0 saturated heterocycles. The first-order chi connectivity index (χ1) is 15.2. The van der Waals surface area contributed by atoms with Crippen molar-refractivity contribution in [3.05, 3.63) is 48.3 Å². The maximum absolute atomic E-state index is 13.5. The molecule has 3 rings (SSSR count). The summed E-state index contributed by atoms with van der Waals surface area (Å²) in [5.41, 5.74) is 0.621. The van der Waals surface area contributed by atoms with Crippen LogP contribution in [0.2, 0.25) is 0 Å². The molecule has 0 aliphatic rings. The van der Waals surface area contributed by atoms with Crippen molar-refractivity contribution in [1.29, 1.82) is 0 Å². The molecule has 0 fully saturated rings. The number of hydrogen-bond acceptors (Lipinski definition) is 7. The zero-order valence-electron chi connectivity index (χ0n) is 18.2. The van der Waals surface area contributed by atoms with Gasteiger partial charge in [0.1, 0.15) is 11.6 Å². The summed E-state index contributed by atoms with van der Waals surface area (Å²) < 4.78 is 44.5. The van der Waals surface area contributed by atoms with E-state index >= 15 is 0 Å². The van der Waals surface area contributed by atoms with Crippen LogP contribution in [0, 0.1) is 5.82 Å². The van der Waals surface area contributed by atoms with Crippen molar-refractivity contribution in [2.75, 3.05) is 44.9 Å². The number of rotatable bonds is 10. The Kier molecular flexibility index (Phi) is 7.81. The van der Waals surface area contributed by atoms with Gasteiger partial charge in [0, 0.05) is 19.5 Å². The van der Waals surface area contributed by atoms with Crippen LogP contribution in [-0.2, 0) is 14.6 Å². The van der Waals surface area contributed by atoms with Crippen LogP contribution in [0.3, 0.4) is 0 Å². The van der Waals surface area contributed by atoms with Gasteiger partial charge in [0.25, 0.3) is 0 Å². The maximum Gasteiger partial charge on any atom is 0.228 e. The van der Waals surface area contributed by atoms with E-state index in [4.69, 9.17) is 4.74 Å². The molecule has 2 aromatic carbocycles. The van der Waals surface area contributed by atoms with Gasteiger partial charge in [-0.15, -0.1) is 0 Å². The van der Waals surface area contributed by atoms with Gasteiger partial charge < -0.3 is 9.64 Å². The monoisotopic (exact) mass is 479 g/mol. The number of fused-ring (bicyclic) bond motifs is 1. The second-order valence-corrected chi connectivity index (χ2v) is 10.7. The summed E-state index contributed by atoms with van der Waals surface area (Å²) in [6.07, 6.45) is 0.248. The van der Waals surface area contributed by atoms with Gasteiger partial charge in [-0.2, -0.15) is 0 Å². The number of halogens is 1. The van der Waals surface area contributed by atoms with E-state index in [1.165, 1.54) is 42.7 Å². The molecule has 0 aliphatic heterocycles. The first-order valence-electron chi connectivity index (χ1n) is 10.1. The number of ether oxygens (including phenoxy) is 1. The van der Waals surface area contributed by atoms with Crippen LogP contribution in [0.15, 0.2) is 47.4 Å². The number of amides is 1. The van der Waals surface area contributed by atoms with Crippen LogP contribution in [0.25, 0.3) is 10.2 Å². The quantitative estimate of drug-likeness (QED) is 0.442. The molecule has 1 amide bonds. The molecule has 0 aliphatic carbocycles. The van der Waals surface area contributed by atoms with Crippen LogP contribution in [0.4, 0.5) is 9.52 Å². The molecule has 0 spiro atoms. The average molecular weight is 480 g/mol. The Morgan fingerprint density at radius 3 is 2.50 bits per heavy atom. The standard InChI is InChI=1S/C22H26FN3O4S2/c1-25(2)12-13-26(22-24-19-11-6-16(23)15-20(19)31-22)21(27)5-4-14-32(28,29)18-9-7-17(30-3)8-10-18/h6-11,15H,4-5,12-14H2,1-3H3. The first kappa shape index (κ1) is 24.1. The molecule has 3 aromatic rings. The topological polar surface area (TPSA) is 79.8 Å². The van der Waals surface area contributed by atoms with Crippen molar-refractivity contribution in [1.82, 2.24) is 9.88 Å². The van der Waals surface area contributed by atoms with Crippen LogP contribution in [0.5, 0.6) is 5.75 Å². The van der Waals surface area contributed by atoms with E-state index in [-0.39, 0.29) is 35.2 Å². The minimum Gasteiger partial charge on any atom is -0.497 e. The van der Waals surface area contributed by atoms with E-state index in [9.17, 15) is 17.6 Å². The molecule has 0 N–H and O–H groups in total. The van der Waals surface area contributed by atoms with Gasteiger partial charge in [-0.25, -0.2) is 17.8 Å². The van der Waals surface area contributed by atoms with Crippen molar-refractivity contribution in [2.45, 2.75) is 17.7 Å². The number of methoxy groups -OCH3 is 1. The molecule has 1 heterocycles. The van der Waals surface area contributed by atoms with E-state index in [2.05, 4.69) is 4.98 Å². The fourth-order valence-corrected chi connectivity index (χ4v) is 5.42. The highest BCUT2D eigenvalue weighted by Crippen LogP contribution is 2.30. The number of thiazole rings is 1. The van der Waals surface area contributed by atoms with Crippen molar-refractivity contribution < 1.29 is 22.3 Å². The molecule has 0 radical (unpaired) electrons. The minimum atomic E-state index is -3.51. The normalized spacial score (nSPS) is 11.8. The Hall–Kier alpha value is -2.56. The SMILES string of the molecule is COc1ccc(S(=O)(=O)CCCC(=O)N(CCN(C)C)c2nc3ccc(F)cc3s2)cc1. The number of benzene rings is 2. The second-order valence-electron chi connectivity index (χ2n) is 7.56. The Bertz CT molecular complexity index is 1180. The highest BCUT2D eigenvalue weighted by molar-refractivity contribution is 7.91. The lowest BCUT2D eigenvalue weighted by atomic mass is 10.3. The number of hydrogen-bond donors (Lipinski definition) is 0. The van der Waals surface area contributed by atoms with Gasteiger partial charge in [0.15, 0.2) is 15.0 Å². The molecule has 0 atom stereocenters. The summed E-state index contributed by atoms with van der Waals surface area (Å²) in [4.78, 5) is 21.2. The number of carbonyl (C=O) groups is 1. The summed E-state index contributed by atoms with van der Waals surface area (Å²) in [5, 5.41) is 0.482. The fourth-order valence-electron chi connectivity index (χ4n) is 3.08. The Morgan fingerprint density at radius 1 is 1.12 bits per heavy atom. The molecule has 32 heavy (non-hydrogen) atoms. The number of anilines is 1. The van der Waals surface area contributed by atoms with E-state index in [1.54, 1.807) is 23.1 Å². The minimum absolute atomic E-state index is 0.0626. The Balaban J connectivity index is 1.70. The Labute approximate surface area is 191 Å². The lowest BCUT2D eigenvalue weighted by molar-refractivity contribution is -0.118. The zero-order valence-corrected chi connectivity index (χ0v) is 19.9. The summed E-state index contributed by atoms with van der Waals surface area (Å²) in [5.74, 6) is -0.136. The number of sulfone groups is 1. The maximum atomic E-state index is 13.5. The van der Waals surface area contributed by atoms with E-state index in [1.807, 2.05) is 19.0 Å². The fraction of sp³-hybridized carbons (Fsp3) is 0.364. The average Bonchev–Trinajstić information content (AvgIpc) is 3.16. The van der Waals surface area contributed by atoms with Crippen molar-refractivity contribution in [3.63, 3.8) is 0 Å². The van der Waals surface area contributed by atoms with Gasteiger partial charge in [0.2, 0.25) is 5.91 Å². The largest absolute Gasteiger partial charge is 0.497 e. The number of aromatic nitrogens is 1. The van der Waals surface area contributed by atoms with E-state index in [0.29, 0.717) is 34.2 Å². The number of carbonyl (C=O) groups excluding carboxylic acids is 1. The molecule has 0 saturated carbocycles. The van der Waals surface area contributed by atoms with Crippen molar-refractivity contribution in [3.8, 4) is 5.75 Å². The molecule has 7 nitrogen and oxygen atoms in total. The van der Waals surface area contributed by atoms with Gasteiger partial charge in [-0.3, -0.25) is 9.69 Å². The summed E-state index contributed by atoms with van der Waals surface area (Å²) in [7, 11) is 1.80. The van der Waals surface area contributed by atoms with Crippen molar-refractivity contribution in [2.24, 2.45) is 0 Å². The third-order valence-corrected chi connectivity index (χ3v) is 7.72. The Morgan fingerprint density at radius 2 is 1.84 bits per heavy atom. The van der Waals surface area contributed by atoms with Gasteiger partial charge in [-0.1, -0.05) is 11.3 Å². The highest BCUT2D eigenvalue weighted by Gasteiger charge is 2.21. The molecule has 1 aromatic heterocycles. The number of nitrogens with zero attached hydrogens (tertiary/aromatic N) is 3. The van der Waals surface area contributed by atoms with Gasteiger partial charge in [0.05, 0.1) is 28.0 Å². The van der Waals surface area contributed by atoms with E-state index in [0.717, 1.165) is 0 Å². The summed E-state index contributed by atoms with van der Waals surface area (Å²) >= 11 is 1.24. The lowest BCUT2D eigenvalue weighted by Crippen LogP contribution is -2.36. The highest BCUT2D eigenvalue weighted by atomic mass is 32.2.